The van der Waals surface area contributed by atoms with Gasteiger partial charge in [-0.05, 0) is 25.2 Å². The molecule has 0 aromatic carbocycles. The van der Waals surface area contributed by atoms with E-state index in [1.54, 1.807) is 0 Å². The summed E-state index contributed by atoms with van der Waals surface area (Å²) < 4.78 is 0. The number of hydrogen-bond acceptors (Lipinski definition) is 4. The van der Waals surface area contributed by atoms with Crippen LogP contribution in [0.25, 0.3) is 0 Å². The molecule has 0 bridgehead atoms. The van der Waals surface area contributed by atoms with Crippen molar-refractivity contribution in [3.63, 3.8) is 0 Å². The van der Waals surface area contributed by atoms with Gasteiger partial charge in [-0.25, -0.2) is 9.59 Å². The number of carboxylic acid groups (broad SMARTS) is 2. The smallest absolute Gasteiger partial charge is 0.326 e. The number of amides is 2. The van der Waals surface area contributed by atoms with E-state index in [-0.39, 0.29) is 25.4 Å². The van der Waals surface area contributed by atoms with Gasteiger partial charge >= 0.3 is 18.0 Å². The highest BCUT2D eigenvalue weighted by Gasteiger charge is 2.29. The molecule has 2 amide bonds. The number of aliphatic hydroxyl groups excluding tert-OH is 1. The average molecular weight is 288 g/mol. The summed E-state index contributed by atoms with van der Waals surface area (Å²) in [6.45, 7) is 1.07. The highest BCUT2D eigenvalue weighted by atomic mass is 16.4. The largest absolute Gasteiger partial charge is 0.481 e. The number of nitrogens with one attached hydrogen (secondary N) is 1. The number of urea groups is 1. The van der Waals surface area contributed by atoms with Crippen LogP contribution in [0.15, 0.2) is 0 Å². The summed E-state index contributed by atoms with van der Waals surface area (Å²) in [6, 6.07) is -1.70. The Balaban J connectivity index is 2.46. The first-order chi connectivity index (χ1) is 9.43. The van der Waals surface area contributed by atoms with E-state index in [9.17, 15) is 14.4 Å². The fraction of sp³-hybridized carbons (Fsp3) is 0.750. The number of carbonyl (C=O) groups excluding carboxylic acids is 1. The van der Waals surface area contributed by atoms with E-state index in [2.05, 4.69) is 5.32 Å². The maximum Gasteiger partial charge on any atom is 0.326 e. The minimum absolute atomic E-state index is 0.0660. The number of aliphatic hydroxyl groups is 1. The molecule has 1 heterocycles. The summed E-state index contributed by atoms with van der Waals surface area (Å²) in [5, 5.41) is 28.7. The summed E-state index contributed by atoms with van der Waals surface area (Å²) in [7, 11) is 0. The number of hydrogen-bond donors (Lipinski definition) is 4. The Bertz CT molecular complexity index is 373. The SMILES string of the molecule is O=C(O)CC[C@H](NC(=O)N1CCC(CCO)C1)C(=O)O. The number of carboxylic acids is 2. The molecule has 0 aliphatic carbocycles. The lowest BCUT2D eigenvalue weighted by molar-refractivity contribution is -0.140. The Morgan fingerprint density at radius 1 is 1.30 bits per heavy atom. The highest BCUT2D eigenvalue weighted by molar-refractivity contribution is 5.83. The predicted molar refractivity (Wildman–Crippen MR) is 68.2 cm³/mol. The minimum atomic E-state index is -1.24. The lowest BCUT2D eigenvalue weighted by atomic mass is 10.1. The highest BCUT2D eigenvalue weighted by Crippen LogP contribution is 2.19. The van der Waals surface area contributed by atoms with Crippen LogP contribution in [-0.4, -0.2) is 63.9 Å². The molecule has 4 N–H and O–H groups in total. The van der Waals surface area contributed by atoms with Crippen LogP contribution in [0.2, 0.25) is 0 Å². The van der Waals surface area contributed by atoms with Crippen LogP contribution < -0.4 is 5.32 Å². The maximum atomic E-state index is 11.9. The number of aliphatic carboxylic acids is 2. The van der Waals surface area contributed by atoms with Gasteiger partial charge in [0.2, 0.25) is 0 Å². The molecule has 114 valence electrons. The van der Waals surface area contributed by atoms with Gasteiger partial charge in [-0.2, -0.15) is 0 Å². The molecule has 1 unspecified atom stereocenters. The van der Waals surface area contributed by atoms with E-state index in [1.165, 1.54) is 4.90 Å². The fourth-order valence-electron chi connectivity index (χ4n) is 2.20. The molecule has 2 atom stereocenters. The quantitative estimate of drug-likeness (QED) is 0.510. The second kappa shape index (κ2) is 7.68. The summed E-state index contributed by atoms with van der Waals surface area (Å²) in [6.07, 6.45) is 0.931. The van der Waals surface area contributed by atoms with Crippen molar-refractivity contribution in [3.8, 4) is 0 Å². The standard InChI is InChI=1S/C12H20N2O6/c15-6-4-8-3-5-14(7-8)12(20)13-9(11(18)19)1-2-10(16)17/h8-9,15H,1-7H2,(H,13,20)(H,16,17)(H,18,19)/t8?,9-/m0/s1. The first-order valence-corrected chi connectivity index (χ1v) is 6.55. The zero-order valence-corrected chi connectivity index (χ0v) is 11.1. The summed E-state index contributed by atoms with van der Waals surface area (Å²) in [5.74, 6) is -2.12. The van der Waals surface area contributed by atoms with Crippen LogP contribution in [0.3, 0.4) is 0 Å². The molecule has 0 aromatic heterocycles. The zero-order chi connectivity index (χ0) is 15.1. The van der Waals surface area contributed by atoms with E-state index >= 15 is 0 Å². The number of carbonyl (C=O) groups is 3. The molecule has 20 heavy (non-hydrogen) atoms. The van der Waals surface area contributed by atoms with Gasteiger partial charge in [0.25, 0.3) is 0 Å². The molecular formula is C12H20N2O6. The lowest BCUT2D eigenvalue weighted by Crippen LogP contribution is -2.47. The Kier molecular flexibility index (Phi) is 6.23. The molecule has 1 aliphatic rings. The van der Waals surface area contributed by atoms with Crippen molar-refractivity contribution in [2.75, 3.05) is 19.7 Å². The van der Waals surface area contributed by atoms with Crippen LogP contribution >= 0.6 is 0 Å². The van der Waals surface area contributed by atoms with Crippen molar-refractivity contribution >= 4 is 18.0 Å². The Morgan fingerprint density at radius 2 is 2.00 bits per heavy atom. The molecule has 0 radical (unpaired) electrons. The van der Waals surface area contributed by atoms with E-state index < -0.39 is 24.0 Å². The number of rotatable bonds is 7. The van der Waals surface area contributed by atoms with Crippen molar-refractivity contribution in [3.05, 3.63) is 0 Å². The van der Waals surface area contributed by atoms with Gasteiger partial charge in [-0.1, -0.05) is 0 Å². The van der Waals surface area contributed by atoms with Gasteiger partial charge in [-0.3, -0.25) is 4.79 Å². The third-order valence-corrected chi connectivity index (χ3v) is 3.35. The van der Waals surface area contributed by atoms with E-state index in [4.69, 9.17) is 15.3 Å². The molecule has 1 fully saturated rings. The van der Waals surface area contributed by atoms with Gasteiger partial charge in [0.05, 0.1) is 0 Å². The summed E-state index contributed by atoms with van der Waals surface area (Å²) in [5.41, 5.74) is 0. The van der Waals surface area contributed by atoms with Gasteiger partial charge in [0.1, 0.15) is 6.04 Å². The van der Waals surface area contributed by atoms with Crippen LogP contribution in [0, 0.1) is 5.92 Å². The lowest BCUT2D eigenvalue weighted by Gasteiger charge is -2.20. The fourth-order valence-corrected chi connectivity index (χ4v) is 2.20. The molecule has 0 spiro atoms. The van der Waals surface area contributed by atoms with Crippen LogP contribution in [0.4, 0.5) is 4.79 Å². The number of nitrogens with zero attached hydrogens (tertiary/aromatic N) is 1. The summed E-state index contributed by atoms with van der Waals surface area (Å²) >= 11 is 0. The number of likely N-dealkylation sites (tertiary alicyclic amines) is 1. The van der Waals surface area contributed by atoms with Gasteiger partial charge in [0.15, 0.2) is 0 Å². The topological polar surface area (TPSA) is 127 Å². The maximum absolute atomic E-state index is 11.9. The third kappa shape index (κ3) is 5.04. The Morgan fingerprint density at radius 3 is 2.55 bits per heavy atom. The third-order valence-electron chi connectivity index (χ3n) is 3.35. The first kappa shape index (κ1) is 16.2. The molecular weight excluding hydrogens is 268 g/mol. The molecule has 8 nitrogen and oxygen atoms in total. The van der Waals surface area contributed by atoms with Gasteiger partial charge in [0, 0.05) is 26.1 Å². The second-order valence-electron chi connectivity index (χ2n) is 4.89. The van der Waals surface area contributed by atoms with Crippen molar-refractivity contribution in [2.24, 2.45) is 5.92 Å². The molecule has 1 rings (SSSR count). The Labute approximate surface area is 116 Å². The van der Waals surface area contributed by atoms with E-state index in [0.717, 1.165) is 6.42 Å². The second-order valence-corrected chi connectivity index (χ2v) is 4.89. The summed E-state index contributed by atoms with van der Waals surface area (Å²) in [4.78, 5) is 34.8. The molecule has 1 saturated heterocycles. The molecule has 0 saturated carbocycles. The molecule has 0 aromatic rings. The van der Waals surface area contributed by atoms with Crippen molar-refractivity contribution in [1.29, 1.82) is 0 Å². The van der Waals surface area contributed by atoms with Crippen molar-refractivity contribution in [1.82, 2.24) is 10.2 Å². The first-order valence-electron chi connectivity index (χ1n) is 6.55. The van der Waals surface area contributed by atoms with Crippen LogP contribution in [-0.2, 0) is 9.59 Å². The minimum Gasteiger partial charge on any atom is -0.481 e. The Hall–Kier alpha value is -1.83. The van der Waals surface area contributed by atoms with Crippen LogP contribution in [0.1, 0.15) is 25.7 Å². The van der Waals surface area contributed by atoms with E-state index in [0.29, 0.717) is 19.5 Å². The van der Waals surface area contributed by atoms with Crippen molar-refractivity contribution < 1.29 is 29.7 Å². The van der Waals surface area contributed by atoms with Crippen LogP contribution in [0.5, 0.6) is 0 Å². The van der Waals surface area contributed by atoms with Crippen molar-refractivity contribution in [2.45, 2.75) is 31.7 Å². The predicted octanol–water partition coefficient (Wildman–Crippen LogP) is -0.282. The average Bonchev–Trinajstić information content (AvgIpc) is 2.82. The zero-order valence-electron chi connectivity index (χ0n) is 11.1. The molecule has 1 aliphatic heterocycles. The van der Waals surface area contributed by atoms with Gasteiger partial charge < -0.3 is 25.5 Å². The van der Waals surface area contributed by atoms with E-state index in [1.807, 2.05) is 0 Å². The molecule has 8 heteroatoms. The monoisotopic (exact) mass is 288 g/mol. The van der Waals surface area contributed by atoms with Gasteiger partial charge in [-0.15, -0.1) is 0 Å². The normalized spacial score (nSPS) is 19.6.